The summed E-state index contributed by atoms with van der Waals surface area (Å²) in [5.74, 6) is 0.413. The van der Waals surface area contributed by atoms with Gasteiger partial charge in [-0.25, -0.2) is 14.8 Å². The maximum Gasteiger partial charge on any atom is 0.350 e. The highest BCUT2D eigenvalue weighted by Gasteiger charge is 2.16. The van der Waals surface area contributed by atoms with Gasteiger partial charge in [-0.05, 0) is 26.0 Å². The van der Waals surface area contributed by atoms with Crippen molar-refractivity contribution in [1.82, 2.24) is 9.97 Å². The lowest BCUT2D eigenvalue weighted by Gasteiger charge is -2.04. The number of carbonyl (C=O) groups excluding carboxylic acids is 1. The smallest absolute Gasteiger partial charge is 0.350 e. The minimum absolute atomic E-state index is 0.140. The van der Waals surface area contributed by atoms with E-state index < -0.39 is 0 Å². The van der Waals surface area contributed by atoms with Gasteiger partial charge in [0.2, 0.25) is 0 Å². The number of rotatable bonds is 5. The number of aryl methyl sites for hydroxylation is 2. The van der Waals surface area contributed by atoms with Gasteiger partial charge in [0.15, 0.2) is 0 Å². The second-order valence-corrected chi connectivity index (χ2v) is 7.13. The number of hydrogen-bond donors (Lipinski definition) is 0. The zero-order valence-corrected chi connectivity index (χ0v) is 15.2. The number of para-hydroxylation sites is 1. The van der Waals surface area contributed by atoms with E-state index >= 15 is 0 Å². The van der Waals surface area contributed by atoms with Crippen molar-refractivity contribution in [2.75, 3.05) is 7.11 Å². The SMILES string of the molecule is COc1ccccc1-c1nc(COC(=O)c2sc(C)nc2C)cs1. The van der Waals surface area contributed by atoms with Gasteiger partial charge in [0, 0.05) is 5.38 Å². The van der Waals surface area contributed by atoms with Crippen LogP contribution in [0.4, 0.5) is 0 Å². The van der Waals surface area contributed by atoms with E-state index in [4.69, 9.17) is 9.47 Å². The van der Waals surface area contributed by atoms with Crippen molar-refractivity contribution in [2.24, 2.45) is 0 Å². The lowest BCUT2D eigenvalue weighted by molar-refractivity contribution is 0.0473. The van der Waals surface area contributed by atoms with Gasteiger partial charge in [0.05, 0.1) is 29.1 Å². The lowest BCUT2D eigenvalue weighted by Crippen LogP contribution is -2.05. The van der Waals surface area contributed by atoms with Crippen molar-refractivity contribution in [3.8, 4) is 16.3 Å². The Morgan fingerprint density at radius 2 is 2.00 bits per heavy atom. The van der Waals surface area contributed by atoms with Crippen LogP contribution in [0, 0.1) is 13.8 Å². The minimum Gasteiger partial charge on any atom is -0.496 e. The van der Waals surface area contributed by atoms with Gasteiger partial charge < -0.3 is 9.47 Å². The third-order valence-corrected chi connectivity index (χ3v) is 5.31. The Morgan fingerprint density at radius 1 is 1.21 bits per heavy atom. The number of aromatic nitrogens is 2. The van der Waals surface area contributed by atoms with Gasteiger partial charge >= 0.3 is 5.97 Å². The number of esters is 1. The van der Waals surface area contributed by atoms with Gasteiger partial charge in [0.1, 0.15) is 22.2 Å². The highest BCUT2D eigenvalue weighted by molar-refractivity contribution is 7.13. The fourth-order valence-electron chi connectivity index (χ4n) is 2.24. The topological polar surface area (TPSA) is 61.3 Å². The van der Waals surface area contributed by atoms with Gasteiger partial charge in [0.25, 0.3) is 0 Å². The lowest BCUT2D eigenvalue weighted by atomic mass is 10.2. The van der Waals surface area contributed by atoms with Crippen LogP contribution in [0.5, 0.6) is 5.75 Å². The molecule has 0 unspecified atom stereocenters. The quantitative estimate of drug-likeness (QED) is 0.637. The zero-order chi connectivity index (χ0) is 17.1. The third-order valence-electron chi connectivity index (χ3n) is 3.33. The molecular weight excluding hydrogens is 344 g/mol. The standard InChI is InChI=1S/C17H16N2O3S2/c1-10-15(24-11(2)18-10)17(20)22-8-12-9-23-16(19-12)13-6-4-5-7-14(13)21-3/h4-7,9H,8H2,1-3H3. The first-order valence-electron chi connectivity index (χ1n) is 7.27. The molecule has 1 aromatic carbocycles. The molecule has 0 bridgehead atoms. The Morgan fingerprint density at radius 3 is 2.71 bits per heavy atom. The van der Waals surface area contributed by atoms with Crippen molar-refractivity contribution in [1.29, 1.82) is 0 Å². The van der Waals surface area contributed by atoms with Crippen LogP contribution < -0.4 is 4.74 Å². The summed E-state index contributed by atoms with van der Waals surface area (Å²) in [5.41, 5.74) is 2.35. The third kappa shape index (κ3) is 3.47. The summed E-state index contributed by atoms with van der Waals surface area (Å²) < 4.78 is 10.7. The molecule has 0 aliphatic carbocycles. The molecule has 0 aliphatic heterocycles. The summed E-state index contributed by atoms with van der Waals surface area (Å²) >= 11 is 2.84. The number of benzene rings is 1. The first-order valence-corrected chi connectivity index (χ1v) is 8.97. The highest BCUT2D eigenvalue weighted by Crippen LogP contribution is 2.32. The monoisotopic (exact) mass is 360 g/mol. The predicted octanol–water partition coefficient (Wildman–Crippen LogP) is 4.25. The molecular formula is C17H16N2O3S2. The second-order valence-electron chi connectivity index (χ2n) is 5.07. The molecule has 0 amide bonds. The average molecular weight is 360 g/mol. The highest BCUT2D eigenvalue weighted by atomic mass is 32.1. The number of carbonyl (C=O) groups is 1. The van der Waals surface area contributed by atoms with Gasteiger partial charge in [-0.2, -0.15) is 0 Å². The molecule has 0 atom stereocenters. The number of ether oxygens (including phenoxy) is 2. The first kappa shape index (κ1) is 16.6. The summed E-state index contributed by atoms with van der Waals surface area (Å²) in [6, 6.07) is 7.70. The molecule has 124 valence electrons. The molecule has 0 radical (unpaired) electrons. The van der Waals surface area contributed by atoms with E-state index in [1.807, 2.05) is 43.5 Å². The van der Waals surface area contributed by atoms with E-state index in [1.54, 1.807) is 7.11 Å². The van der Waals surface area contributed by atoms with Crippen LogP contribution in [0.25, 0.3) is 10.6 Å². The molecule has 0 aliphatic rings. The molecule has 0 saturated heterocycles. The molecule has 3 aromatic rings. The molecule has 7 heteroatoms. The van der Waals surface area contributed by atoms with Gasteiger partial charge in [-0.1, -0.05) is 12.1 Å². The van der Waals surface area contributed by atoms with Crippen LogP contribution in [0.15, 0.2) is 29.6 Å². The van der Waals surface area contributed by atoms with Crippen molar-refractivity contribution in [3.05, 3.63) is 50.9 Å². The normalized spacial score (nSPS) is 10.6. The maximum absolute atomic E-state index is 12.1. The summed E-state index contributed by atoms with van der Waals surface area (Å²) in [4.78, 5) is 21.5. The summed E-state index contributed by atoms with van der Waals surface area (Å²) in [6.07, 6.45) is 0. The maximum atomic E-state index is 12.1. The van der Waals surface area contributed by atoms with Crippen molar-refractivity contribution in [3.63, 3.8) is 0 Å². The van der Waals surface area contributed by atoms with Crippen molar-refractivity contribution in [2.45, 2.75) is 20.5 Å². The van der Waals surface area contributed by atoms with E-state index in [9.17, 15) is 4.79 Å². The molecule has 3 rings (SSSR count). The van der Waals surface area contributed by atoms with E-state index in [2.05, 4.69) is 9.97 Å². The van der Waals surface area contributed by atoms with Crippen LogP contribution in [0.3, 0.4) is 0 Å². The minimum atomic E-state index is -0.357. The molecule has 0 fully saturated rings. The molecule has 2 aromatic heterocycles. The summed E-state index contributed by atoms with van der Waals surface area (Å²) in [6.45, 7) is 3.82. The van der Waals surface area contributed by atoms with Gasteiger partial charge in [-0.15, -0.1) is 22.7 Å². The Bertz CT molecular complexity index is 870. The predicted molar refractivity (Wildman–Crippen MR) is 94.8 cm³/mol. The molecule has 2 heterocycles. The van der Waals surface area contributed by atoms with E-state index in [0.29, 0.717) is 16.3 Å². The molecule has 0 saturated carbocycles. The van der Waals surface area contributed by atoms with Gasteiger partial charge in [-0.3, -0.25) is 0 Å². The molecule has 0 spiro atoms. The second kappa shape index (κ2) is 7.11. The van der Waals surface area contributed by atoms with Crippen LogP contribution in [0.2, 0.25) is 0 Å². The molecule has 5 nitrogen and oxygen atoms in total. The van der Waals surface area contributed by atoms with Crippen LogP contribution in [-0.4, -0.2) is 23.0 Å². The Balaban J connectivity index is 1.70. The number of nitrogens with zero attached hydrogens (tertiary/aromatic N) is 2. The van der Waals surface area contributed by atoms with E-state index in [-0.39, 0.29) is 12.6 Å². The van der Waals surface area contributed by atoms with E-state index in [1.165, 1.54) is 22.7 Å². The average Bonchev–Trinajstić information content (AvgIpc) is 3.18. The number of hydrogen-bond acceptors (Lipinski definition) is 7. The zero-order valence-electron chi connectivity index (χ0n) is 13.5. The van der Waals surface area contributed by atoms with E-state index in [0.717, 1.165) is 21.3 Å². The Kier molecular flexibility index (Phi) is 4.92. The Hall–Kier alpha value is -2.25. The summed E-state index contributed by atoms with van der Waals surface area (Å²) in [5, 5.41) is 3.58. The van der Waals surface area contributed by atoms with Crippen LogP contribution in [0.1, 0.15) is 26.1 Å². The summed E-state index contributed by atoms with van der Waals surface area (Å²) in [7, 11) is 1.63. The fraction of sp³-hybridized carbons (Fsp3) is 0.235. The van der Waals surface area contributed by atoms with Crippen LogP contribution in [-0.2, 0) is 11.3 Å². The molecule has 0 N–H and O–H groups in total. The van der Waals surface area contributed by atoms with Crippen LogP contribution >= 0.6 is 22.7 Å². The number of thiazole rings is 2. The van der Waals surface area contributed by atoms with Crippen molar-refractivity contribution < 1.29 is 14.3 Å². The number of methoxy groups -OCH3 is 1. The first-order chi connectivity index (χ1) is 11.6. The molecule has 24 heavy (non-hydrogen) atoms. The fourth-order valence-corrected chi connectivity index (χ4v) is 3.89. The Labute approximate surface area is 147 Å². The van der Waals surface area contributed by atoms with Crippen molar-refractivity contribution >= 4 is 28.6 Å². The largest absolute Gasteiger partial charge is 0.496 e.